The van der Waals surface area contributed by atoms with Crippen molar-refractivity contribution in [1.29, 1.82) is 0 Å². The summed E-state index contributed by atoms with van der Waals surface area (Å²) in [4.78, 5) is 0. The number of aryl methyl sites for hydroxylation is 1. The number of hydrogen-bond donors (Lipinski definition) is 1. The third-order valence-electron chi connectivity index (χ3n) is 4.11. The average molecular weight is 353 g/mol. The number of thioether (sulfide) groups is 1. The summed E-state index contributed by atoms with van der Waals surface area (Å²) in [6.07, 6.45) is 0.754. The largest absolute Gasteiger partial charge is 0.321 e. The zero-order chi connectivity index (χ0) is 17.6. The number of nitrogens with zero attached hydrogens (tertiary/aromatic N) is 3. The van der Waals surface area contributed by atoms with Crippen LogP contribution in [0, 0.1) is 6.92 Å². The van der Waals surface area contributed by atoms with Crippen LogP contribution in [-0.2, 0) is 13.0 Å². The van der Waals surface area contributed by atoms with Gasteiger partial charge in [0.2, 0.25) is 0 Å². The van der Waals surface area contributed by atoms with E-state index in [1.807, 2.05) is 18.2 Å². The maximum atomic E-state index is 6.48. The van der Waals surface area contributed by atoms with Gasteiger partial charge in [-0.2, -0.15) is 0 Å². The van der Waals surface area contributed by atoms with E-state index in [1.165, 1.54) is 16.7 Å². The summed E-state index contributed by atoms with van der Waals surface area (Å²) in [5.74, 6) is 1.81. The molecule has 2 aromatic carbocycles. The van der Waals surface area contributed by atoms with Gasteiger partial charge in [-0.15, -0.1) is 10.2 Å². The fourth-order valence-electron chi connectivity index (χ4n) is 2.79. The molecule has 3 rings (SSSR count). The fraction of sp³-hybridized carbons (Fsp3) is 0.300. The Morgan fingerprint density at radius 2 is 1.72 bits per heavy atom. The Labute approximate surface area is 153 Å². The molecular weight excluding hydrogens is 328 g/mol. The zero-order valence-electron chi connectivity index (χ0n) is 14.7. The van der Waals surface area contributed by atoms with E-state index in [0.717, 1.165) is 29.7 Å². The van der Waals surface area contributed by atoms with E-state index in [1.54, 1.807) is 11.8 Å². The van der Waals surface area contributed by atoms with Crippen molar-refractivity contribution in [2.45, 2.75) is 38.0 Å². The topological polar surface area (TPSA) is 56.7 Å². The fourth-order valence-corrected chi connectivity index (χ4v) is 3.46. The first-order valence-corrected chi connectivity index (χ1v) is 9.57. The van der Waals surface area contributed by atoms with E-state index in [2.05, 4.69) is 65.0 Å². The molecule has 5 heteroatoms. The average Bonchev–Trinajstić information content (AvgIpc) is 3.01. The lowest BCUT2D eigenvalue weighted by atomic mass is 10.1. The molecule has 0 amide bonds. The molecule has 0 fully saturated rings. The maximum absolute atomic E-state index is 6.48. The summed E-state index contributed by atoms with van der Waals surface area (Å²) >= 11 is 1.70. The predicted molar refractivity (Wildman–Crippen MR) is 104 cm³/mol. The first-order chi connectivity index (χ1) is 12.2. The zero-order valence-corrected chi connectivity index (χ0v) is 15.5. The molecule has 2 N–H and O–H groups in total. The van der Waals surface area contributed by atoms with Crippen molar-refractivity contribution in [1.82, 2.24) is 14.8 Å². The molecule has 1 aromatic heterocycles. The van der Waals surface area contributed by atoms with Gasteiger partial charge in [0.15, 0.2) is 11.0 Å². The number of benzene rings is 2. The third-order valence-corrected chi connectivity index (χ3v) is 4.96. The van der Waals surface area contributed by atoms with Gasteiger partial charge in [-0.25, -0.2) is 0 Å². The minimum absolute atomic E-state index is 0.174. The van der Waals surface area contributed by atoms with Crippen molar-refractivity contribution in [3.05, 3.63) is 77.1 Å². The first-order valence-electron chi connectivity index (χ1n) is 8.58. The molecule has 0 unspecified atom stereocenters. The molecule has 1 atom stereocenters. The molecule has 3 aromatic rings. The van der Waals surface area contributed by atoms with Crippen LogP contribution in [0.5, 0.6) is 0 Å². The summed E-state index contributed by atoms with van der Waals surface area (Å²) in [7, 11) is 0. The lowest BCUT2D eigenvalue weighted by Crippen LogP contribution is -2.20. The van der Waals surface area contributed by atoms with Crippen molar-refractivity contribution in [2.24, 2.45) is 5.73 Å². The normalized spacial score (nSPS) is 12.3. The minimum Gasteiger partial charge on any atom is -0.321 e. The second kappa shape index (κ2) is 8.32. The molecule has 0 spiro atoms. The lowest BCUT2D eigenvalue weighted by molar-refractivity contribution is 0.588. The summed E-state index contributed by atoms with van der Waals surface area (Å²) in [5, 5.41) is 9.72. The van der Waals surface area contributed by atoms with E-state index in [4.69, 9.17) is 5.73 Å². The summed E-state index contributed by atoms with van der Waals surface area (Å²) in [5.41, 5.74) is 10.2. The predicted octanol–water partition coefficient (Wildman–Crippen LogP) is 3.99. The number of hydrogen-bond acceptors (Lipinski definition) is 4. The van der Waals surface area contributed by atoms with E-state index < -0.39 is 0 Å². The highest BCUT2D eigenvalue weighted by Gasteiger charge is 2.19. The molecule has 0 radical (unpaired) electrons. The number of aromatic nitrogens is 3. The molecule has 0 aliphatic heterocycles. The van der Waals surface area contributed by atoms with Crippen LogP contribution in [0.1, 0.15) is 35.5 Å². The smallest absolute Gasteiger partial charge is 0.191 e. The van der Waals surface area contributed by atoms with Gasteiger partial charge in [0.25, 0.3) is 0 Å². The van der Waals surface area contributed by atoms with Crippen LogP contribution < -0.4 is 5.73 Å². The third kappa shape index (κ3) is 4.50. The van der Waals surface area contributed by atoms with E-state index in [9.17, 15) is 0 Å². The van der Waals surface area contributed by atoms with E-state index >= 15 is 0 Å². The van der Waals surface area contributed by atoms with Crippen molar-refractivity contribution < 1.29 is 0 Å². The van der Waals surface area contributed by atoms with Crippen LogP contribution in [0.15, 0.2) is 59.8 Å². The van der Waals surface area contributed by atoms with Gasteiger partial charge < -0.3 is 10.3 Å². The highest BCUT2D eigenvalue weighted by atomic mass is 32.2. The standard InChI is InChI=1S/C20H24N4S/c1-3-25-20-23-22-19(18(21)13-16-7-5-4-6-8-16)24(20)14-17-11-9-15(2)10-12-17/h4-12,18H,3,13-14,21H2,1-2H3/t18-/m0/s1. The summed E-state index contributed by atoms with van der Waals surface area (Å²) < 4.78 is 2.16. The molecule has 0 aliphatic carbocycles. The molecule has 0 bridgehead atoms. The van der Waals surface area contributed by atoms with Crippen molar-refractivity contribution >= 4 is 11.8 Å². The van der Waals surface area contributed by atoms with Crippen LogP contribution in [0.3, 0.4) is 0 Å². The maximum Gasteiger partial charge on any atom is 0.191 e. The summed E-state index contributed by atoms with van der Waals surface area (Å²) in [6.45, 7) is 4.97. The molecule has 4 nitrogen and oxygen atoms in total. The highest BCUT2D eigenvalue weighted by molar-refractivity contribution is 7.99. The molecule has 0 saturated carbocycles. The molecule has 1 heterocycles. The quantitative estimate of drug-likeness (QED) is 0.653. The van der Waals surface area contributed by atoms with Crippen LogP contribution in [0.4, 0.5) is 0 Å². The van der Waals surface area contributed by atoms with Gasteiger partial charge in [0.05, 0.1) is 12.6 Å². The number of nitrogens with two attached hydrogens (primary N) is 1. The second-order valence-corrected chi connectivity index (χ2v) is 7.37. The molecule has 25 heavy (non-hydrogen) atoms. The van der Waals surface area contributed by atoms with Gasteiger partial charge in [0.1, 0.15) is 0 Å². The van der Waals surface area contributed by atoms with Crippen LogP contribution >= 0.6 is 11.8 Å². The van der Waals surface area contributed by atoms with Crippen molar-refractivity contribution in [3.63, 3.8) is 0 Å². The lowest BCUT2D eigenvalue weighted by Gasteiger charge is -2.15. The van der Waals surface area contributed by atoms with Crippen LogP contribution in [-0.4, -0.2) is 20.5 Å². The summed E-state index contributed by atoms with van der Waals surface area (Å²) in [6, 6.07) is 18.7. The highest BCUT2D eigenvalue weighted by Crippen LogP contribution is 2.23. The van der Waals surface area contributed by atoms with Gasteiger partial charge in [-0.1, -0.05) is 78.8 Å². The second-order valence-electron chi connectivity index (χ2n) is 6.14. The molecule has 130 valence electrons. The Bertz CT molecular complexity index is 796. The van der Waals surface area contributed by atoms with Crippen molar-refractivity contribution in [2.75, 3.05) is 5.75 Å². The van der Waals surface area contributed by atoms with Gasteiger partial charge in [0, 0.05) is 0 Å². The Hall–Kier alpha value is -2.11. The minimum atomic E-state index is -0.174. The Balaban J connectivity index is 1.86. The Morgan fingerprint density at radius 3 is 2.40 bits per heavy atom. The van der Waals surface area contributed by atoms with Gasteiger partial charge >= 0.3 is 0 Å². The van der Waals surface area contributed by atoms with Gasteiger partial charge in [-0.05, 0) is 30.2 Å². The Kier molecular flexibility index (Phi) is 5.89. The molecule has 0 aliphatic rings. The monoisotopic (exact) mass is 352 g/mol. The van der Waals surface area contributed by atoms with Crippen molar-refractivity contribution in [3.8, 4) is 0 Å². The van der Waals surface area contributed by atoms with E-state index in [-0.39, 0.29) is 6.04 Å². The van der Waals surface area contributed by atoms with E-state index in [0.29, 0.717) is 0 Å². The SMILES string of the molecule is CCSc1nnc([C@@H](N)Cc2ccccc2)n1Cc1ccc(C)cc1. The van der Waals surface area contributed by atoms with Crippen LogP contribution in [0.25, 0.3) is 0 Å². The molecular formula is C20H24N4S. The molecule has 0 saturated heterocycles. The van der Waals surface area contributed by atoms with Gasteiger partial charge in [-0.3, -0.25) is 0 Å². The number of rotatable bonds is 7. The van der Waals surface area contributed by atoms with Crippen LogP contribution in [0.2, 0.25) is 0 Å². The Morgan fingerprint density at radius 1 is 1.00 bits per heavy atom. The first kappa shape index (κ1) is 17.7.